The van der Waals surface area contributed by atoms with E-state index in [0.717, 1.165) is 35.7 Å². The van der Waals surface area contributed by atoms with Crippen molar-refractivity contribution in [2.45, 2.75) is 45.4 Å². The molecule has 0 bridgehead atoms. The van der Waals surface area contributed by atoms with Crippen LogP contribution in [0, 0.1) is 4.77 Å². The Morgan fingerprint density at radius 2 is 1.96 bits per heavy atom. The Morgan fingerprint density at radius 3 is 2.63 bits per heavy atom. The second kappa shape index (κ2) is 8.15. The van der Waals surface area contributed by atoms with Crippen molar-refractivity contribution in [3.8, 4) is 11.4 Å². The molecule has 1 aliphatic rings. The first-order valence-corrected chi connectivity index (χ1v) is 10.0. The highest BCUT2D eigenvalue weighted by atomic mass is 32.1. The summed E-state index contributed by atoms with van der Waals surface area (Å²) in [7, 11) is 0. The van der Waals surface area contributed by atoms with E-state index in [1.54, 1.807) is 6.20 Å². The van der Waals surface area contributed by atoms with Gasteiger partial charge in [-0.15, -0.1) is 0 Å². The second-order valence-electron chi connectivity index (χ2n) is 7.13. The zero-order valence-electron chi connectivity index (χ0n) is 15.7. The summed E-state index contributed by atoms with van der Waals surface area (Å²) in [5.41, 5.74) is 2.34. The molecule has 5 nitrogen and oxygen atoms in total. The van der Waals surface area contributed by atoms with Gasteiger partial charge in [0.05, 0.1) is 6.67 Å². The predicted octanol–water partition coefficient (Wildman–Crippen LogP) is 4.68. The number of pyridine rings is 1. The Balaban J connectivity index is 1.63. The Morgan fingerprint density at radius 1 is 1.15 bits per heavy atom. The number of nitrogens with zero attached hydrogens (tertiary/aromatic N) is 5. The minimum atomic E-state index is 0.482. The van der Waals surface area contributed by atoms with Gasteiger partial charge in [0.1, 0.15) is 0 Å². The highest BCUT2D eigenvalue weighted by Crippen LogP contribution is 2.38. The lowest BCUT2D eigenvalue weighted by Crippen LogP contribution is -2.27. The number of hydrogen-bond acceptors (Lipinski definition) is 4. The van der Waals surface area contributed by atoms with Crippen molar-refractivity contribution in [1.29, 1.82) is 0 Å². The normalized spacial score (nSPS) is 14.0. The highest BCUT2D eigenvalue weighted by Gasteiger charge is 2.29. The molecule has 1 aliphatic carbocycles. The maximum atomic E-state index is 5.81. The van der Waals surface area contributed by atoms with Gasteiger partial charge in [0.15, 0.2) is 10.6 Å². The molecule has 2 aromatic heterocycles. The van der Waals surface area contributed by atoms with E-state index in [9.17, 15) is 0 Å². The van der Waals surface area contributed by atoms with Crippen LogP contribution in [0.1, 0.15) is 37.8 Å². The minimum absolute atomic E-state index is 0.482. The third-order valence-electron chi connectivity index (χ3n) is 4.83. The maximum Gasteiger partial charge on any atom is 0.199 e. The molecule has 4 rings (SSSR count). The molecule has 3 aromatic rings. The average molecular weight is 380 g/mol. The van der Waals surface area contributed by atoms with E-state index in [1.807, 2.05) is 16.9 Å². The summed E-state index contributed by atoms with van der Waals surface area (Å²) in [4.78, 5) is 6.67. The third-order valence-corrected chi connectivity index (χ3v) is 5.23. The molecule has 2 heterocycles. The molecule has 6 heteroatoms. The first kappa shape index (κ1) is 18.1. The highest BCUT2D eigenvalue weighted by molar-refractivity contribution is 7.71. The number of rotatable bonds is 8. The number of benzene rings is 1. The van der Waals surface area contributed by atoms with E-state index in [4.69, 9.17) is 17.3 Å². The van der Waals surface area contributed by atoms with Gasteiger partial charge < -0.3 is 0 Å². The molecule has 1 fully saturated rings. The van der Waals surface area contributed by atoms with Gasteiger partial charge in [-0.25, -0.2) is 4.68 Å². The topological polar surface area (TPSA) is 38.9 Å². The van der Waals surface area contributed by atoms with Crippen molar-refractivity contribution in [2.24, 2.45) is 0 Å². The quantitative estimate of drug-likeness (QED) is 0.533. The van der Waals surface area contributed by atoms with Crippen LogP contribution in [0.3, 0.4) is 0 Å². The van der Waals surface area contributed by atoms with Crippen molar-refractivity contribution >= 4 is 12.2 Å². The van der Waals surface area contributed by atoms with Crippen molar-refractivity contribution in [1.82, 2.24) is 24.2 Å². The Labute approximate surface area is 165 Å². The summed E-state index contributed by atoms with van der Waals surface area (Å²) in [5.74, 6) is 0.937. The van der Waals surface area contributed by atoms with E-state index in [2.05, 4.69) is 57.8 Å². The fourth-order valence-electron chi connectivity index (χ4n) is 3.41. The van der Waals surface area contributed by atoms with Crippen LogP contribution in [0.5, 0.6) is 0 Å². The van der Waals surface area contributed by atoms with Crippen LogP contribution in [0.4, 0.5) is 0 Å². The monoisotopic (exact) mass is 379 g/mol. The van der Waals surface area contributed by atoms with Crippen molar-refractivity contribution in [3.05, 3.63) is 65.2 Å². The molecular formula is C21H25N5S. The molecule has 0 amide bonds. The van der Waals surface area contributed by atoms with E-state index in [1.165, 1.54) is 18.4 Å². The van der Waals surface area contributed by atoms with Crippen LogP contribution in [-0.2, 0) is 13.2 Å². The molecule has 0 N–H and O–H groups in total. The molecule has 0 saturated heterocycles. The van der Waals surface area contributed by atoms with Crippen LogP contribution in [0.15, 0.2) is 54.9 Å². The molecule has 0 atom stereocenters. The van der Waals surface area contributed by atoms with Gasteiger partial charge in [-0.05, 0) is 55.7 Å². The van der Waals surface area contributed by atoms with Gasteiger partial charge >= 0.3 is 0 Å². The molecule has 0 aliphatic heterocycles. The first-order valence-electron chi connectivity index (χ1n) is 9.62. The standard InChI is InChI=1S/C21H25N5S/c1-2-13-24(15-17-7-4-3-5-8-17)16-25-21(27)26(19-10-11-19)20(23-25)18-9-6-12-22-14-18/h3-9,12,14,19H,2,10-11,13,15-16H2,1H3. The molecule has 1 saturated carbocycles. The fourth-order valence-corrected chi connectivity index (χ4v) is 3.75. The molecule has 140 valence electrons. The lowest BCUT2D eigenvalue weighted by molar-refractivity contribution is 0.197. The zero-order chi connectivity index (χ0) is 18.6. The van der Waals surface area contributed by atoms with Gasteiger partial charge in [0.25, 0.3) is 0 Å². The third kappa shape index (κ3) is 4.17. The zero-order valence-corrected chi connectivity index (χ0v) is 16.5. The van der Waals surface area contributed by atoms with Crippen LogP contribution in [0.25, 0.3) is 11.4 Å². The molecule has 0 radical (unpaired) electrons. The Kier molecular flexibility index (Phi) is 5.45. The van der Waals surface area contributed by atoms with Crippen LogP contribution < -0.4 is 0 Å². The van der Waals surface area contributed by atoms with E-state index in [0.29, 0.717) is 12.7 Å². The second-order valence-corrected chi connectivity index (χ2v) is 7.49. The number of hydrogen-bond donors (Lipinski definition) is 0. The van der Waals surface area contributed by atoms with Crippen molar-refractivity contribution in [2.75, 3.05) is 6.54 Å². The molecule has 0 unspecified atom stereocenters. The predicted molar refractivity (Wildman–Crippen MR) is 110 cm³/mol. The SMILES string of the molecule is CCCN(Cc1ccccc1)Cn1nc(-c2cccnc2)n(C2CC2)c1=S. The van der Waals surface area contributed by atoms with E-state index >= 15 is 0 Å². The van der Waals surface area contributed by atoms with Crippen LogP contribution >= 0.6 is 12.2 Å². The largest absolute Gasteiger partial charge is 0.297 e. The summed E-state index contributed by atoms with van der Waals surface area (Å²) >= 11 is 5.81. The van der Waals surface area contributed by atoms with Crippen molar-refractivity contribution in [3.63, 3.8) is 0 Å². The summed E-state index contributed by atoms with van der Waals surface area (Å²) in [5, 5.41) is 4.90. The first-order chi connectivity index (χ1) is 13.3. The summed E-state index contributed by atoms with van der Waals surface area (Å²) < 4.78 is 5.01. The smallest absolute Gasteiger partial charge is 0.199 e. The summed E-state index contributed by atoms with van der Waals surface area (Å²) in [6, 6.07) is 15.1. The van der Waals surface area contributed by atoms with Crippen molar-refractivity contribution < 1.29 is 0 Å². The van der Waals surface area contributed by atoms with Gasteiger partial charge in [-0.2, -0.15) is 5.10 Å². The molecule has 1 aromatic carbocycles. The lowest BCUT2D eigenvalue weighted by Gasteiger charge is -2.21. The van der Waals surface area contributed by atoms with Gasteiger partial charge in [0.2, 0.25) is 0 Å². The van der Waals surface area contributed by atoms with Gasteiger partial charge in [-0.3, -0.25) is 14.5 Å². The van der Waals surface area contributed by atoms with Crippen LogP contribution in [0.2, 0.25) is 0 Å². The van der Waals surface area contributed by atoms with E-state index < -0.39 is 0 Å². The van der Waals surface area contributed by atoms with Crippen LogP contribution in [-0.4, -0.2) is 30.8 Å². The lowest BCUT2D eigenvalue weighted by atomic mass is 10.2. The Hall–Kier alpha value is -2.31. The van der Waals surface area contributed by atoms with Gasteiger partial charge in [0, 0.05) is 30.5 Å². The Bertz CT molecular complexity index is 928. The molecular weight excluding hydrogens is 354 g/mol. The molecule has 27 heavy (non-hydrogen) atoms. The van der Waals surface area contributed by atoms with Gasteiger partial charge in [-0.1, -0.05) is 37.3 Å². The maximum absolute atomic E-state index is 5.81. The minimum Gasteiger partial charge on any atom is -0.297 e. The molecule has 0 spiro atoms. The summed E-state index contributed by atoms with van der Waals surface area (Å²) in [6.45, 7) is 4.82. The number of aromatic nitrogens is 4. The summed E-state index contributed by atoms with van der Waals surface area (Å²) in [6.07, 6.45) is 7.11. The average Bonchev–Trinajstić information content (AvgIpc) is 3.48. The fraction of sp³-hybridized carbons (Fsp3) is 0.381. The van der Waals surface area contributed by atoms with E-state index in [-0.39, 0.29) is 0 Å².